The van der Waals surface area contributed by atoms with E-state index in [1.807, 2.05) is 30.7 Å². The first-order valence-corrected chi connectivity index (χ1v) is 13.7. The quantitative estimate of drug-likeness (QED) is 0.348. The molecule has 1 amide bonds. The fourth-order valence-corrected chi connectivity index (χ4v) is 6.12. The van der Waals surface area contributed by atoms with Crippen molar-refractivity contribution >= 4 is 11.4 Å². The Morgan fingerprint density at radius 1 is 1.10 bits per heavy atom. The summed E-state index contributed by atoms with van der Waals surface area (Å²) in [6.45, 7) is 2.98. The monoisotopic (exact) mass is 552 g/mol. The Morgan fingerprint density at radius 3 is 2.55 bits per heavy atom. The van der Waals surface area contributed by atoms with E-state index in [0.29, 0.717) is 24.7 Å². The van der Waals surface area contributed by atoms with Gasteiger partial charge < -0.3 is 9.47 Å². The van der Waals surface area contributed by atoms with Crippen molar-refractivity contribution in [1.82, 2.24) is 28.6 Å². The molecule has 0 N–H and O–H groups in total. The largest absolute Gasteiger partial charge is 0.418 e. The Kier molecular flexibility index (Phi) is 6.54. The number of imidazole rings is 1. The molecule has 6 rings (SSSR count). The second-order valence-electron chi connectivity index (χ2n) is 11.2. The molecule has 0 unspecified atom stereocenters. The number of carbonyl (C=O) groups is 1. The summed E-state index contributed by atoms with van der Waals surface area (Å²) in [5.74, 6) is 0.907. The van der Waals surface area contributed by atoms with Crippen LogP contribution in [0, 0.1) is 11.8 Å². The number of benzene rings is 1. The van der Waals surface area contributed by atoms with Crippen LogP contribution in [0.25, 0.3) is 11.2 Å². The third-order valence-electron chi connectivity index (χ3n) is 8.42. The summed E-state index contributed by atoms with van der Waals surface area (Å²) in [6.07, 6.45) is 4.32. The number of aryl methyl sites for hydroxylation is 1. The normalized spacial score (nSPS) is 19.1. The van der Waals surface area contributed by atoms with Gasteiger partial charge in [-0.2, -0.15) is 13.2 Å². The topological polar surface area (TPSA) is 77.4 Å². The van der Waals surface area contributed by atoms with Gasteiger partial charge in [0.15, 0.2) is 0 Å². The molecule has 210 valence electrons. The summed E-state index contributed by atoms with van der Waals surface area (Å²) >= 11 is 0. The van der Waals surface area contributed by atoms with Crippen molar-refractivity contribution in [2.45, 2.75) is 51.1 Å². The summed E-state index contributed by atoms with van der Waals surface area (Å²) in [4.78, 5) is 28.4. The molecule has 4 heterocycles. The van der Waals surface area contributed by atoms with Gasteiger partial charge in [0, 0.05) is 38.4 Å². The molecule has 0 radical (unpaired) electrons. The van der Waals surface area contributed by atoms with Crippen LogP contribution in [-0.4, -0.2) is 47.6 Å². The van der Waals surface area contributed by atoms with Gasteiger partial charge in [0.2, 0.25) is 0 Å². The van der Waals surface area contributed by atoms with E-state index in [-0.39, 0.29) is 22.9 Å². The first-order chi connectivity index (χ1) is 19.1. The zero-order chi connectivity index (χ0) is 28.2. The molecule has 40 heavy (non-hydrogen) atoms. The molecule has 1 aliphatic carbocycles. The van der Waals surface area contributed by atoms with Crippen LogP contribution in [0.2, 0.25) is 0 Å². The van der Waals surface area contributed by atoms with Gasteiger partial charge in [-0.3, -0.25) is 13.8 Å². The van der Waals surface area contributed by atoms with Crippen molar-refractivity contribution < 1.29 is 18.0 Å². The van der Waals surface area contributed by atoms with Crippen LogP contribution in [0.3, 0.4) is 0 Å². The number of carbonyl (C=O) groups excluding carboxylic acids is 1. The van der Waals surface area contributed by atoms with Gasteiger partial charge in [-0.25, -0.2) is 4.79 Å². The van der Waals surface area contributed by atoms with E-state index in [9.17, 15) is 22.8 Å². The number of piperidine rings is 1. The molecule has 0 spiro atoms. The molecule has 0 bridgehead atoms. The van der Waals surface area contributed by atoms with E-state index >= 15 is 0 Å². The van der Waals surface area contributed by atoms with Gasteiger partial charge >= 0.3 is 11.9 Å². The highest BCUT2D eigenvalue weighted by molar-refractivity contribution is 5.95. The van der Waals surface area contributed by atoms with E-state index in [1.54, 1.807) is 23.4 Å². The lowest BCUT2D eigenvalue weighted by Gasteiger charge is -2.33. The van der Waals surface area contributed by atoms with E-state index < -0.39 is 23.3 Å². The van der Waals surface area contributed by atoms with Crippen LogP contribution in [0.5, 0.6) is 0 Å². The molecule has 11 heteroatoms. The Balaban J connectivity index is 1.45. The van der Waals surface area contributed by atoms with Crippen LogP contribution < -0.4 is 5.69 Å². The Labute approximate surface area is 229 Å². The maximum Gasteiger partial charge on any atom is 0.418 e. The summed E-state index contributed by atoms with van der Waals surface area (Å²) in [6, 6.07) is 8.18. The zero-order valence-electron chi connectivity index (χ0n) is 22.4. The highest BCUT2D eigenvalue weighted by Gasteiger charge is 2.36. The summed E-state index contributed by atoms with van der Waals surface area (Å²) < 4.78 is 46.8. The van der Waals surface area contributed by atoms with Crippen LogP contribution in [-0.2, 0) is 13.2 Å². The first-order valence-electron chi connectivity index (χ1n) is 13.7. The number of alkyl halides is 3. The van der Waals surface area contributed by atoms with Crippen molar-refractivity contribution in [3.63, 3.8) is 0 Å². The number of amides is 1. The number of rotatable bonds is 5. The Bertz CT molecular complexity index is 1630. The van der Waals surface area contributed by atoms with Gasteiger partial charge in [-0.1, -0.05) is 25.5 Å². The molecule has 2 fully saturated rings. The van der Waals surface area contributed by atoms with Crippen molar-refractivity contribution in [3.8, 4) is 5.69 Å². The average Bonchev–Trinajstić information content (AvgIpc) is 3.47. The number of hydrogen-bond acceptors (Lipinski definition) is 4. The van der Waals surface area contributed by atoms with E-state index in [1.165, 1.54) is 17.0 Å². The average molecular weight is 553 g/mol. The predicted octanol–water partition coefficient (Wildman–Crippen LogP) is 5.04. The zero-order valence-corrected chi connectivity index (χ0v) is 22.4. The summed E-state index contributed by atoms with van der Waals surface area (Å²) in [5, 5.41) is 8.38. The van der Waals surface area contributed by atoms with Gasteiger partial charge in [0.05, 0.1) is 22.3 Å². The molecular formula is C29H31F3N6O2. The molecule has 1 saturated carbocycles. The molecule has 1 aromatic carbocycles. The lowest BCUT2D eigenvalue weighted by Crippen LogP contribution is -2.39. The van der Waals surface area contributed by atoms with Crippen molar-refractivity contribution in [2.75, 3.05) is 13.1 Å². The number of pyridine rings is 1. The third kappa shape index (κ3) is 4.61. The Morgan fingerprint density at radius 2 is 1.90 bits per heavy atom. The van der Waals surface area contributed by atoms with Crippen LogP contribution >= 0.6 is 0 Å². The van der Waals surface area contributed by atoms with Gasteiger partial charge in [-0.05, 0) is 61.3 Å². The number of aromatic nitrogens is 5. The fourth-order valence-electron chi connectivity index (χ4n) is 6.12. The maximum atomic E-state index is 14.2. The predicted molar refractivity (Wildman–Crippen MR) is 142 cm³/mol. The highest BCUT2D eigenvalue weighted by Crippen LogP contribution is 2.43. The minimum absolute atomic E-state index is 0.0455. The highest BCUT2D eigenvalue weighted by atomic mass is 19.4. The van der Waals surface area contributed by atoms with Gasteiger partial charge in [0.1, 0.15) is 12.2 Å². The van der Waals surface area contributed by atoms with Gasteiger partial charge in [0.25, 0.3) is 5.91 Å². The van der Waals surface area contributed by atoms with E-state index in [4.69, 9.17) is 0 Å². The molecule has 1 aliphatic heterocycles. The minimum atomic E-state index is -4.75. The molecular weight excluding hydrogens is 521 g/mol. The second kappa shape index (κ2) is 9.94. The van der Waals surface area contributed by atoms with Crippen molar-refractivity contribution in [1.29, 1.82) is 0 Å². The minimum Gasteiger partial charge on any atom is -0.338 e. The van der Waals surface area contributed by atoms with Crippen molar-refractivity contribution in [2.24, 2.45) is 18.9 Å². The molecule has 8 nitrogen and oxygen atoms in total. The Hall–Kier alpha value is -3.89. The van der Waals surface area contributed by atoms with E-state index in [0.717, 1.165) is 54.0 Å². The molecule has 2 aliphatic rings. The van der Waals surface area contributed by atoms with E-state index in [2.05, 4.69) is 10.2 Å². The molecule has 3 aromatic heterocycles. The summed E-state index contributed by atoms with van der Waals surface area (Å²) in [7, 11) is 1.89. The summed E-state index contributed by atoms with van der Waals surface area (Å²) in [5.41, 5.74) is -0.750. The van der Waals surface area contributed by atoms with Gasteiger partial charge in [-0.15, -0.1) is 10.2 Å². The smallest absolute Gasteiger partial charge is 0.338 e. The first kappa shape index (κ1) is 26.3. The number of fused-ring (bicyclic) bond motifs is 1. The molecule has 1 saturated heterocycles. The number of likely N-dealkylation sites (tertiary alicyclic amines) is 1. The number of hydrogen-bond donors (Lipinski definition) is 0. The van der Waals surface area contributed by atoms with Crippen LogP contribution in [0.1, 0.15) is 72.3 Å². The van der Waals surface area contributed by atoms with Crippen LogP contribution in [0.15, 0.2) is 53.8 Å². The van der Waals surface area contributed by atoms with Crippen molar-refractivity contribution in [3.05, 3.63) is 82.1 Å². The third-order valence-corrected chi connectivity index (χ3v) is 8.42. The fraction of sp³-hybridized carbons (Fsp3) is 0.448. The lowest BCUT2D eigenvalue weighted by molar-refractivity contribution is -0.136. The maximum absolute atomic E-state index is 14.2. The number of halogens is 3. The van der Waals surface area contributed by atoms with Crippen LogP contribution in [0.4, 0.5) is 13.2 Å². The lowest BCUT2D eigenvalue weighted by atomic mass is 9.72. The number of nitrogens with zero attached hydrogens (tertiary/aromatic N) is 6. The standard InChI is InChI=1S/C29H31F3N6O2/c1-18-6-5-11-36(14-18)27(39)21-13-23(29(30,31)32)24-16-37(28(40)38(24)15-21)22-10-4-9-20(12-22)25(19-7-3-8-19)26-34-33-17-35(26)2/h4,9-10,12-13,15-19,25H,3,5-8,11,14H2,1-2H3/t18-,25+/m0/s1. The molecule has 4 aromatic rings. The second-order valence-corrected chi connectivity index (χ2v) is 11.2. The SMILES string of the molecule is C[C@H]1CCCN(C(=O)c2cc(C(F)(F)F)c3cn(-c4cccc([C@H](c5nncn5C)C5CCC5)c4)c(=O)n3c2)C1. The molecule has 2 atom stereocenters.